The van der Waals surface area contributed by atoms with E-state index in [0.717, 1.165) is 32.5 Å². The van der Waals surface area contributed by atoms with E-state index in [2.05, 4.69) is 10.3 Å². The van der Waals surface area contributed by atoms with Gasteiger partial charge in [-0.1, -0.05) is 0 Å². The van der Waals surface area contributed by atoms with E-state index < -0.39 is 10.0 Å². The van der Waals surface area contributed by atoms with Crippen LogP contribution in [0.2, 0.25) is 0 Å². The van der Waals surface area contributed by atoms with Crippen molar-refractivity contribution < 1.29 is 13.2 Å². The maximum absolute atomic E-state index is 12.8. The van der Waals surface area contributed by atoms with Crippen LogP contribution in [0.3, 0.4) is 0 Å². The number of likely N-dealkylation sites (tertiary alicyclic amines) is 1. The standard InChI is InChI=1S/C19H30N4O3S.2ClH/c1-20-10-4-16-5-11-22(12-6-16)19(24)17-7-13-23(14-8-17)27(25,26)18-3-2-9-21-15-18;;/h2-3,9,15-17,20H,4-8,10-14H2,1H3;2*1H. The maximum Gasteiger partial charge on any atom is 0.244 e. The van der Waals surface area contributed by atoms with Gasteiger partial charge in [0.05, 0.1) is 0 Å². The Kier molecular flexibility index (Phi) is 10.8. The minimum Gasteiger partial charge on any atom is -0.342 e. The van der Waals surface area contributed by atoms with Gasteiger partial charge in [0.2, 0.25) is 15.9 Å². The van der Waals surface area contributed by atoms with E-state index in [9.17, 15) is 13.2 Å². The van der Waals surface area contributed by atoms with Crippen LogP contribution in [-0.4, -0.2) is 68.3 Å². The summed E-state index contributed by atoms with van der Waals surface area (Å²) < 4.78 is 26.8. The van der Waals surface area contributed by atoms with Crippen molar-refractivity contribution in [3.05, 3.63) is 24.5 Å². The maximum atomic E-state index is 12.8. The summed E-state index contributed by atoms with van der Waals surface area (Å²) in [5.41, 5.74) is 0. The van der Waals surface area contributed by atoms with Gasteiger partial charge in [-0.3, -0.25) is 9.78 Å². The van der Waals surface area contributed by atoms with E-state index in [-0.39, 0.29) is 41.5 Å². The first-order valence-electron chi connectivity index (χ1n) is 9.86. The molecule has 1 amide bonds. The first kappa shape index (κ1) is 26.1. The monoisotopic (exact) mass is 466 g/mol. The number of nitrogens with one attached hydrogen (secondary N) is 1. The van der Waals surface area contributed by atoms with Gasteiger partial charge >= 0.3 is 0 Å². The van der Waals surface area contributed by atoms with E-state index >= 15 is 0 Å². The highest BCUT2D eigenvalue weighted by Gasteiger charge is 2.34. The quantitative estimate of drug-likeness (QED) is 0.694. The summed E-state index contributed by atoms with van der Waals surface area (Å²) in [4.78, 5) is 19.0. The third-order valence-corrected chi connectivity index (χ3v) is 7.69. The van der Waals surface area contributed by atoms with Crippen LogP contribution in [0.4, 0.5) is 0 Å². The molecule has 166 valence electrons. The van der Waals surface area contributed by atoms with Crippen molar-refractivity contribution >= 4 is 40.7 Å². The average molecular weight is 467 g/mol. The van der Waals surface area contributed by atoms with Gasteiger partial charge in [-0.05, 0) is 63.7 Å². The fourth-order valence-electron chi connectivity index (χ4n) is 4.04. The Labute approximate surface area is 186 Å². The molecule has 10 heteroatoms. The zero-order valence-corrected chi connectivity index (χ0v) is 19.3. The Bertz CT molecular complexity index is 720. The fourth-order valence-corrected chi connectivity index (χ4v) is 5.47. The molecule has 0 aliphatic carbocycles. The average Bonchev–Trinajstić information content (AvgIpc) is 2.73. The van der Waals surface area contributed by atoms with E-state index in [0.29, 0.717) is 31.8 Å². The van der Waals surface area contributed by atoms with Crippen LogP contribution in [0.1, 0.15) is 32.1 Å². The lowest BCUT2D eigenvalue weighted by Gasteiger charge is -2.37. The molecule has 2 saturated heterocycles. The number of amides is 1. The summed E-state index contributed by atoms with van der Waals surface area (Å²) in [6.07, 6.45) is 7.44. The van der Waals surface area contributed by atoms with Crippen molar-refractivity contribution in [2.24, 2.45) is 11.8 Å². The van der Waals surface area contributed by atoms with Gasteiger partial charge in [0.15, 0.2) is 0 Å². The van der Waals surface area contributed by atoms with Crippen molar-refractivity contribution in [1.29, 1.82) is 0 Å². The lowest BCUT2D eigenvalue weighted by atomic mass is 9.91. The number of carbonyl (C=O) groups is 1. The van der Waals surface area contributed by atoms with Crippen LogP contribution < -0.4 is 5.32 Å². The molecule has 0 spiro atoms. The number of hydrogen-bond donors (Lipinski definition) is 1. The largest absolute Gasteiger partial charge is 0.342 e. The zero-order valence-electron chi connectivity index (χ0n) is 16.8. The topological polar surface area (TPSA) is 82.6 Å². The van der Waals surface area contributed by atoms with Crippen molar-refractivity contribution in [1.82, 2.24) is 19.5 Å². The Morgan fingerprint density at radius 2 is 1.79 bits per heavy atom. The number of nitrogens with zero attached hydrogens (tertiary/aromatic N) is 3. The third kappa shape index (κ3) is 6.52. The fraction of sp³-hybridized carbons (Fsp3) is 0.684. The first-order chi connectivity index (χ1) is 13.0. The summed E-state index contributed by atoms with van der Waals surface area (Å²) >= 11 is 0. The molecule has 0 aromatic carbocycles. The molecule has 0 saturated carbocycles. The summed E-state index contributed by atoms with van der Waals surface area (Å²) in [6, 6.07) is 3.20. The van der Waals surface area contributed by atoms with Crippen molar-refractivity contribution in [2.75, 3.05) is 39.8 Å². The molecule has 0 atom stereocenters. The number of aromatic nitrogens is 1. The molecular weight excluding hydrogens is 435 g/mol. The van der Waals surface area contributed by atoms with Gasteiger partial charge < -0.3 is 10.2 Å². The number of sulfonamides is 1. The Morgan fingerprint density at radius 1 is 1.14 bits per heavy atom. The number of hydrogen-bond acceptors (Lipinski definition) is 5. The number of rotatable bonds is 6. The Hall–Kier alpha value is -0.930. The second-order valence-corrected chi connectivity index (χ2v) is 9.47. The molecule has 1 aromatic heterocycles. The molecule has 3 rings (SSSR count). The van der Waals surface area contributed by atoms with Crippen molar-refractivity contribution in [2.45, 2.75) is 37.0 Å². The SMILES string of the molecule is CNCCC1CCN(C(=O)C2CCN(S(=O)(=O)c3cccnc3)CC2)CC1.Cl.Cl. The Balaban J connectivity index is 0.00000210. The molecule has 1 N–H and O–H groups in total. The molecular formula is C19H32Cl2N4O3S. The highest BCUT2D eigenvalue weighted by Crippen LogP contribution is 2.27. The molecule has 0 radical (unpaired) electrons. The van der Waals surface area contributed by atoms with Crippen LogP contribution in [-0.2, 0) is 14.8 Å². The number of carbonyl (C=O) groups excluding carboxylic acids is 1. The van der Waals surface area contributed by atoms with Gasteiger partial charge in [-0.2, -0.15) is 4.31 Å². The molecule has 2 fully saturated rings. The van der Waals surface area contributed by atoms with Crippen molar-refractivity contribution in [3.63, 3.8) is 0 Å². The van der Waals surface area contributed by atoms with Crippen LogP contribution in [0.5, 0.6) is 0 Å². The molecule has 2 aliphatic heterocycles. The molecule has 29 heavy (non-hydrogen) atoms. The minimum absolute atomic E-state index is 0. The zero-order chi connectivity index (χ0) is 19.3. The van der Waals surface area contributed by atoms with E-state index in [1.807, 2.05) is 11.9 Å². The molecule has 1 aromatic rings. The molecule has 7 nitrogen and oxygen atoms in total. The normalized spacial score (nSPS) is 19.3. The minimum atomic E-state index is -3.51. The van der Waals surface area contributed by atoms with E-state index in [1.54, 1.807) is 18.3 Å². The summed E-state index contributed by atoms with van der Waals surface area (Å²) in [5.74, 6) is 0.854. The summed E-state index contributed by atoms with van der Waals surface area (Å²) in [5, 5.41) is 3.19. The second-order valence-electron chi connectivity index (χ2n) is 7.53. The highest BCUT2D eigenvalue weighted by atomic mass is 35.5. The summed E-state index contributed by atoms with van der Waals surface area (Å²) in [7, 11) is -1.54. The van der Waals surface area contributed by atoms with E-state index in [4.69, 9.17) is 0 Å². The predicted octanol–water partition coefficient (Wildman–Crippen LogP) is 2.17. The third-order valence-electron chi connectivity index (χ3n) is 5.80. The highest BCUT2D eigenvalue weighted by molar-refractivity contribution is 7.89. The van der Waals surface area contributed by atoms with E-state index in [1.165, 1.54) is 16.9 Å². The molecule has 0 unspecified atom stereocenters. The lowest BCUT2D eigenvalue weighted by Crippen LogP contribution is -2.46. The van der Waals surface area contributed by atoms with Gasteiger partial charge in [-0.15, -0.1) is 24.8 Å². The molecule has 0 bridgehead atoms. The second kappa shape index (κ2) is 12.1. The molecule has 2 aliphatic rings. The van der Waals surface area contributed by atoms with Crippen LogP contribution >= 0.6 is 24.8 Å². The van der Waals surface area contributed by atoms with Gasteiger partial charge in [-0.25, -0.2) is 8.42 Å². The first-order valence-corrected chi connectivity index (χ1v) is 11.3. The Morgan fingerprint density at radius 3 is 2.34 bits per heavy atom. The van der Waals surface area contributed by atoms with Crippen LogP contribution in [0.15, 0.2) is 29.4 Å². The predicted molar refractivity (Wildman–Crippen MR) is 118 cm³/mol. The van der Waals surface area contributed by atoms with Gasteiger partial charge in [0.1, 0.15) is 4.90 Å². The van der Waals surface area contributed by atoms with Crippen molar-refractivity contribution in [3.8, 4) is 0 Å². The number of halogens is 2. The van der Waals surface area contributed by atoms with Gasteiger partial charge in [0.25, 0.3) is 0 Å². The van der Waals surface area contributed by atoms with Crippen LogP contribution in [0, 0.1) is 11.8 Å². The van der Waals surface area contributed by atoms with Crippen LogP contribution in [0.25, 0.3) is 0 Å². The smallest absolute Gasteiger partial charge is 0.244 e. The number of pyridine rings is 1. The lowest BCUT2D eigenvalue weighted by molar-refractivity contribution is -0.138. The summed E-state index contributed by atoms with van der Waals surface area (Å²) in [6.45, 7) is 3.49. The van der Waals surface area contributed by atoms with Gasteiger partial charge in [0, 0.05) is 44.5 Å². The molecule has 3 heterocycles. The number of piperidine rings is 2.